The Labute approximate surface area is 183 Å². The largest absolute Gasteiger partial charge is 0.326 e. The molecule has 2 N–H and O–H groups in total. The fourth-order valence-corrected chi connectivity index (χ4v) is 6.65. The number of fused-ring (bicyclic) bond motifs is 4. The standard InChI is InChI=1S/C23H25N3O2S2/c27-20(24-17-9-3-6-14-5-1-2-7-15(14)17)11-12-29-13-19-25-22(28)21-16-8-4-10-18(16)30-23(21)26-19/h3,6,9H,1-2,4-5,7-8,10-13H2,(H,24,27)(H,25,26,28). The number of anilines is 1. The van der Waals surface area contributed by atoms with Crippen LogP contribution in [0.3, 0.4) is 0 Å². The van der Waals surface area contributed by atoms with E-state index in [1.807, 2.05) is 12.1 Å². The van der Waals surface area contributed by atoms with Gasteiger partial charge in [-0.05, 0) is 67.7 Å². The number of aromatic amines is 1. The van der Waals surface area contributed by atoms with E-state index in [1.54, 1.807) is 23.1 Å². The highest BCUT2D eigenvalue weighted by Gasteiger charge is 2.21. The van der Waals surface area contributed by atoms with Crippen LogP contribution in [0.5, 0.6) is 0 Å². The molecule has 0 unspecified atom stereocenters. The number of carbonyl (C=O) groups is 1. The number of amides is 1. The molecule has 2 aromatic heterocycles. The molecule has 3 aromatic rings. The van der Waals surface area contributed by atoms with Gasteiger partial charge in [-0.3, -0.25) is 9.59 Å². The Balaban J connectivity index is 1.16. The molecule has 0 fully saturated rings. The topological polar surface area (TPSA) is 74.8 Å². The van der Waals surface area contributed by atoms with Gasteiger partial charge in [0.2, 0.25) is 5.91 Å². The first-order valence-corrected chi connectivity index (χ1v) is 12.7. The summed E-state index contributed by atoms with van der Waals surface area (Å²) in [5.41, 5.74) is 4.86. The van der Waals surface area contributed by atoms with Crippen LogP contribution in [0.25, 0.3) is 10.2 Å². The quantitative estimate of drug-likeness (QED) is 0.550. The van der Waals surface area contributed by atoms with Crippen molar-refractivity contribution in [2.45, 2.75) is 57.1 Å². The first kappa shape index (κ1) is 19.8. The van der Waals surface area contributed by atoms with E-state index in [9.17, 15) is 9.59 Å². The molecule has 1 amide bonds. The van der Waals surface area contributed by atoms with E-state index in [-0.39, 0.29) is 11.5 Å². The fourth-order valence-electron chi connectivity index (χ4n) is 4.56. The molecule has 0 radical (unpaired) electrons. The molecule has 0 aliphatic heterocycles. The molecular formula is C23H25N3O2S2. The average Bonchev–Trinajstić information content (AvgIpc) is 3.32. The van der Waals surface area contributed by atoms with Crippen LogP contribution in [0.1, 0.15) is 53.1 Å². The number of nitrogens with one attached hydrogen (secondary N) is 2. The first-order chi connectivity index (χ1) is 14.7. The predicted octanol–water partition coefficient (Wildman–Crippen LogP) is 4.61. The summed E-state index contributed by atoms with van der Waals surface area (Å²) in [6, 6.07) is 6.22. The highest BCUT2D eigenvalue weighted by atomic mass is 32.2. The number of hydrogen-bond acceptors (Lipinski definition) is 5. The van der Waals surface area contributed by atoms with E-state index in [1.165, 1.54) is 34.4 Å². The summed E-state index contributed by atoms with van der Waals surface area (Å²) >= 11 is 3.30. The van der Waals surface area contributed by atoms with Crippen LogP contribution in [0, 0.1) is 0 Å². The van der Waals surface area contributed by atoms with Gasteiger partial charge in [-0.2, -0.15) is 11.8 Å². The van der Waals surface area contributed by atoms with Crippen molar-refractivity contribution < 1.29 is 4.79 Å². The number of nitrogens with zero attached hydrogens (tertiary/aromatic N) is 1. The normalized spacial score (nSPS) is 15.2. The zero-order valence-electron chi connectivity index (χ0n) is 16.9. The van der Waals surface area contributed by atoms with Crippen LogP contribution in [-0.4, -0.2) is 21.6 Å². The molecule has 0 spiro atoms. The molecule has 30 heavy (non-hydrogen) atoms. The summed E-state index contributed by atoms with van der Waals surface area (Å²) in [4.78, 5) is 34.8. The smallest absolute Gasteiger partial charge is 0.259 e. The second-order valence-electron chi connectivity index (χ2n) is 8.05. The van der Waals surface area contributed by atoms with Crippen LogP contribution in [0.15, 0.2) is 23.0 Å². The van der Waals surface area contributed by atoms with Gasteiger partial charge in [-0.1, -0.05) is 12.1 Å². The highest BCUT2D eigenvalue weighted by molar-refractivity contribution is 7.98. The predicted molar refractivity (Wildman–Crippen MR) is 125 cm³/mol. The summed E-state index contributed by atoms with van der Waals surface area (Å²) in [6.45, 7) is 0. The maximum atomic E-state index is 12.5. The third kappa shape index (κ3) is 3.93. The van der Waals surface area contributed by atoms with E-state index < -0.39 is 0 Å². The second kappa shape index (κ2) is 8.55. The van der Waals surface area contributed by atoms with Gasteiger partial charge in [-0.15, -0.1) is 11.3 Å². The molecule has 156 valence electrons. The van der Waals surface area contributed by atoms with Crippen molar-refractivity contribution in [2.75, 3.05) is 11.1 Å². The van der Waals surface area contributed by atoms with E-state index in [2.05, 4.69) is 21.4 Å². The van der Waals surface area contributed by atoms with Crippen molar-refractivity contribution in [3.05, 3.63) is 55.9 Å². The molecule has 1 aromatic carbocycles. The SMILES string of the molecule is O=C(CCSCc1nc2sc3c(c2c(=O)[nH]1)CCC3)Nc1cccc2c1CCCC2. The Morgan fingerprint density at radius 1 is 1.13 bits per heavy atom. The number of aromatic nitrogens is 2. The number of rotatable bonds is 6. The van der Waals surface area contributed by atoms with Crippen molar-refractivity contribution >= 4 is 44.9 Å². The molecule has 5 rings (SSSR count). The van der Waals surface area contributed by atoms with E-state index in [0.29, 0.717) is 23.8 Å². The van der Waals surface area contributed by atoms with Gasteiger partial charge in [0.1, 0.15) is 10.7 Å². The minimum Gasteiger partial charge on any atom is -0.326 e. The number of thiophene rings is 1. The third-order valence-electron chi connectivity index (χ3n) is 6.01. The van der Waals surface area contributed by atoms with Gasteiger partial charge in [-0.25, -0.2) is 4.98 Å². The molecule has 2 aliphatic rings. The number of hydrogen-bond donors (Lipinski definition) is 2. The van der Waals surface area contributed by atoms with Crippen LogP contribution in [-0.2, 0) is 36.2 Å². The number of carbonyl (C=O) groups excluding carboxylic acids is 1. The van der Waals surface area contributed by atoms with Gasteiger partial charge < -0.3 is 10.3 Å². The molecule has 5 nitrogen and oxygen atoms in total. The number of thioether (sulfide) groups is 1. The zero-order valence-corrected chi connectivity index (χ0v) is 18.5. The Kier molecular flexibility index (Phi) is 5.65. The summed E-state index contributed by atoms with van der Waals surface area (Å²) in [5, 5.41) is 3.90. The maximum Gasteiger partial charge on any atom is 0.259 e. The van der Waals surface area contributed by atoms with Crippen molar-refractivity contribution in [3.63, 3.8) is 0 Å². The van der Waals surface area contributed by atoms with Gasteiger partial charge in [0.25, 0.3) is 5.56 Å². The number of H-pyrrole nitrogens is 1. The first-order valence-electron chi connectivity index (χ1n) is 10.7. The summed E-state index contributed by atoms with van der Waals surface area (Å²) in [5.74, 6) is 2.06. The van der Waals surface area contributed by atoms with E-state index >= 15 is 0 Å². The monoisotopic (exact) mass is 439 g/mol. The molecule has 2 heterocycles. The highest BCUT2D eigenvalue weighted by Crippen LogP contribution is 2.34. The van der Waals surface area contributed by atoms with Crippen LogP contribution in [0.4, 0.5) is 5.69 Å². The fraction of sp³-hybridized carbons (Fsp3) is 0.435. The zero-order chi connectivity index (χ0) is 20.5. The Bertz CT molecular complexity index is 1170. The van der Waals surface area contributed by atoms with Crippen LogP contribution in [0.2, 0.25) is 0 Å². The Morgan fingerprint density at radius 2 is 2.00 bits per heavy atom. The number of benzene rings is 1. The minimum atomic E-state index is -0.0124. The van der Waals surface area contributed by atoms with Crippen molar-refractivity contribution in [2.24, 2.45) is 0 Å². The lowest BCUT2D eigenvalue weighted by atomic mass is 9.90. The molecule has 0 saturated heterocycles. The lowest BCUT2D eigenvalue weighted by molar-refractivity contribution is -0.115. The molecule has 7 heteroatoms. The number of aryl methyl sites for hydroxylation is 3. The van der Waals surface area contributed by atoms with Crippen molar-refractivity contribution in [1.82, 2.24) is 9.97 Å². The second-order valence-corrected chi connectivity index (χ2v) is 10.2. The molecule has 0 bridgehead atoms. The Morgan fingerprint density at radius 3 is 2.93 bits per heavy atom. The van der Waals surface area contributed by atoms with Crippen LogP contribution >= 0.6 is 23.1 Å². The minimum absolute atomic E-state index is 0.0124. The van der Waals surface area contributed by atoms with Gasteiger partial charge >= 0.3 is 0 Å². The summed E-state index contributed by atoms with van der Waals surface area (Å²) < 4.78 is 0. The van der Waals surface area contributed by atoms with Gasteiger partial charge in [0, 0.05) is 22.7 Å². The molecule has 0 atom stereocenters. The summed E-state index contributed by atoms with van der Waals surface area (Å²) in [6.07, 6.45) is 8.24. The Hall–Kier alpha value is -2.12. The maximum absolute atomic E-state index is 12.5. The van der Waals surface area contributed by atoms with Gasteiger partial charge in [0.05, 0.1) is 11.1 Å². The lowest BCUT2D eigenvalue weighted by Gasteiger charge is -2.19. The van der Waals surface area contributed by atoms with E-state index in [0.717, 1.165) is 48.0 Å². The van der Waals surface area contributed by atoms with Crippen molar-refractivity contribution in [3.8, 4) is 0 Å². The molecular weight excluding hydrogens is 414 g/mol. The van der Waals surface area contributed by atoms with E-state index in [4.69, 9.17) is 0 Å². The van der Waals surface area contributed by atoms with Crippen molar-refractivity contribution in [1.29, 1.82) is 0 Å². The summed E-state index contributed by atoms with van der Waals surface area (Å²) in [7, 11) is 0. The average molecular weight is 440 g/mol. The molecule has 0 saturated carbocycles. The van der Waals surface area contributed by atoms with Gasteiger partial charge in [0.15, 0.2) is 0 Å². The van der Waals surface area contributed by atoms with Crippen LogP contribution < -0.4 is 10.9 Å². The third-order valence-corrected chi connectivity index (χ3v) is 8.16. The lowest BCUT2D eigenvalue weighted by Crippen LogP contribution is -2.16. The molecule has 2 aliphatic carbocycles.